The Kier molecular flexibility index (Phi) is 5.40. The highest BCUT2D eigenvalue weighted by atomic mass is 16.5. The molecule has 0 spiro atoms. The Bertz CT molecular complexity index is 941. The summed E-state index contributed by atoms with van der Waals surface area (Å²) in [5.41, 5.74) is 4.92. The topological polar surface area (TPSA) is 55.7 Å². The van der Waals surface area contributed by atoms with Crippen LogP contribution in [0.3, 0.4) is 0 Å². The maximum absolute atomic E-state index is 12.3. The summed E-state index contributed by atoms with van der Waals surface area (Å²) in [6.45, 7) is 6.81. The molecule has 2 aliphatic rings. The molecule has 2 aliphatic heterocycles. The maximum Gasteiger partial charge on any atom is 0.253 e. The number of nitrogens with one attached hydrogen (secondary N) is 1. The summed E-state index contributed by atoms with van der Waals surface area (Å²) in [4.78, 5) is 14.9. The van der Waals surface area contributed by atoms with Crippen LogP contribution in [-0.4, -0.2) is 48.9 Å². The van der Waals surface area contributed by atoms with Crippen LogP contribution in [0.15, 0.2) is 23.1 Å². The van der Waals surface area contributed by atoms with Gasteiger partial charge in [0.1, 0.15) is 11.5 Å². The van der Waals surface area contributed by atoms with Crippen molar-refractivity contribution in [1.82, 2.24) is 14.8 Å². The zero-order chi connectivity index (χ0) is 20.7. The molecular weight excluding hydrogens is 366 g/mol. The van der Waals surface area contributed by atoms with Crippen LogP contribution < -0.4 is 20.3 Å². The van der Waals surface area contributed by atoms with Gasteiger partial charge in [-0.15, -0.1) is 0 Å². The van der Waals surface area contributed by atoms with Crippen molar-refractivity contribution in [2.75, 3.05) is 27.3 Å². The molecule has 0 amide bonds. The maximum atomic E-state index is 12.3. The summed E-state index contributed by atoms with van der Waals surface area (Å²) >= 11 is 0. The molecule has 1 aromatic heterocycles. The van der Waals surface area contributed by atoms with Crippen molar-refractivity contribution in [3.05, 3.63) is 45.4 Å². The Morgan fingerprint density at radius 2 is 1.62 bits per heavy atom. The Hall–Kier alpha value is -2.31. The number of nitrogens with zero attached hydrogens (tertiary/aromatic N) is 2. The molecule has 2 saturated heterocycles. The van der Waals surface area contributed by atoms with Gasteiger partial charge in [-0.25, -0.2) is 0 Å². The molecule has 2 fully saturated rings. The second kappa shape index (κ2) is 7.84. The summed E-state index contributed by atoms with van der Waals surface area (Å²) in [5, 5.41) is 3.54. The van der Waals surface area contributed by atoms with E-state index in [4.69, 9.17) is 9.47 Å². The Morgan fingerprint density at radius 3 is 2.17 bits per heavy atom. The van der Waals surface area contributed by atoms with Crippen molar-refractivity contribution in [3.8, 4) is 22.6 Å². The quantitative estimate of drug-likeness (QED) is 0.841. The van der Waals surface area contributed by atoms with Crippen LogP contribution in [0.4, 0.5) is 0 Å². The van der Waals surface area contributed by atoms with E-state index in [1.54, 1.807) is 25.8 Å². The Labute approximate surface area is 172 Å². The molecule has 1 N–H and O–H groups in total. The van der Waals surface area contributed by atoms with Crippen molar-refractivity contribution in [2.24, 2.45) is 7.05 Å². The SMILES string of the molecule is COc1cc(-c2cn(C)c(=O)c(C)c2C)cc(OC)c1CN1C2CCC1CNC2. The highest BCUT2D eigenvalue weighted by Crippen LogP contribution is 2.39. The van der Waals surface area contributed by atoms with Crippen molar-refractivity contribution in [3.63, 3.8) is 0 Å². The fraction of sp³-hybridized carbons (Fsp3) is 0.522. The van der Waals surface area contributed by atoms with Crippen molar-refractivity contribution in [1.29, 1.82) is 0 Å². The number of fused-ring (bicyclic) bond motifs is 2. The van der Waals surface area contributed by atoms with E-state index in [0.29, 0.717) is 12.1 Å². The first-order valence-electron chi connectivity index (χ1n) is 10.3. The molecule has 2 unspecified atom stereocenters. The van der Waals surface area contributed by atoms with E-state index in [9.17, 15) is 4.79 Å². The van der Waals surface area contributed by atoms with E-state index in [0.717, 1.165) is 59.0 Å². The smallest absolute Gasteiger partial charge is 0.253 e. The zero-order valence-electron chi connectivity index (χ0n) is 18.0. The summed E-state index contributed by atoms with van der Waals surface area (Å²) < 4.78 is 13.3. The predicted molar refractivity (Wildman–Crippen MR) is 115 cm³/mol. The number of aryl methyl sites for hydroxylation is 1. The molecule has 3 heterocycles. The van der Waals surface area contributed by atoms with Gasteiger partial charge in [0.15, 0.2) is 0 Å². The number of methoxy groups -OCH3 is 2. The van der Waals surface area contributed by atoms with E-state index in [1.165, 1.54) is 12.8 Å². The number of benzene rings is 1. The average molecular weight is 398 g/mol. The minimum Gasteiger partial charge on any atom is -0.496 e. The van der Waals surface area contributed by atoms with Crippen LogP contribution in [0, 0.1) is 13.8 Å². The highest BCUT2D eigenvalue weighted by molar-refractivity contribution is 5.72. The molecule has 29 heavy (non-hydrogen) atoms. The first kappa shape index (κ1) is 20.0. The summed E-state index contributed by atoms with van der Waals surface area (Å²) in [6.07, 6.45) is 4.39. The van der Waals surface area contributed by atoms with Crippen molar-refractivity contribution < 1.29 is 9.47 Å². The van der Waals surface area contributed by atoms with Crippen LogP contribution in [0.5, 0.6) is 11.5 Å². The van der Waals surface area contributed by atoms with Crippen LogP contribution in [0.2, 0.25) is 0 Å². The Balaban J connectivity index is 1.77. The molecule has 6 nitrogen and oxygen atoms in total. The first-order chi connectivity index (χ1) is 13.9. The lowest BCUT2D eigenvalue weighted by molar-refractivity contribution is 0.142. The summed E-state index contributed by atoms with van der Waals surface area (Å²) in [6, 6.07) is 5.32. The minimum atomic E-state index is 0.0379. The fourth-order valence-electron chi connectivity index (χ4n) is 4.87. The van der Waals surface area contributed by atoms with Gasteiger partial charge in [-0.05, 0) is 49.9 Å². The van der Waals surface area contributed by atoms with Crippen LogP contribution in [-0.2, 0) is 13.6 Å². The third-order valence-electron chi connectivity index (χ3n) is 6.72. The second-order valence-corrected chi connectivity index (χ2v) is 8.28. The van der Waals surface area contributed by atoms with E-state index in [1.807, 2.05) is 20.0 Å². The van der Waals surface area contributed by atoms with Gasteiger partial charge in [0.05, 0.1) is 19.8 Å². The fourth-order valence-corrected chi connectivity index (χ4v) is 4.87. The normalized spacial score (nSPS) is 21.4. The van der Waals surface area contributed by atoms with Crippen molar-refractivity contribution >= 4 is 0 Å². The minimum absolute atomic E-state index is 0.0379. The number of pyridine rings is 1. The van der Waals surface area contributed by atoms with E-state index in [-0.39, 0.29) is 5.56 Å². The van der Waals surface area contributed by atoms with Gasteiger partial charge in [0.25, 0.3) is 5.56 Å². The number of hydrogen-bond donors (Lipinski definition) is 1. The van der Waals surface area contributed by atoms with Gasteiger partial charge in [-0.1, -0.05) is 0 Å². The molecule has 156 valence electrons. The monoisotopic (exact) mass is 397 g/mol. The number of hydrogen-bond acceptors (Lipinski definition) is 5. The molecule has 2 bridgehead atoms. The second-order valence-electron chi connectivity index (χ2n) is 8.28. The summed E-state index contributed by atoms with van der Waals surface area (Å²) in [7, 11) is 5.22. The van der Waals surface area contributed by atoms with Crippen LogP contribution in [0.25, 0.3) is 11.1 Å². The van der Waals surface area contributed by atoms with Crippen LogP contribution >= 0.6 is 0 Å². The summed E-state index contributed by atoms with van der Waals surface area (Å²) in [5.74, 6) is 1.67. The molecule has 2 atom stereocenters. The van der Waals surface area contributed by atoms with Crippen LogP contribution in [0.1, 0.15) is 29.5 Å². The molecule has 6 heteroatoms. The lowest BCUT2D eigenvalue weighted by Gasteiger charge is -2.35. The average Bonchev–Trinajstić information content (AvgIpc) is 2.94. The van der Waals surface area contributed by atoms with Gasteiger partial charge in [-0.2, -0.15) is 0 Å². The Morgan fingerprint density at radius 1 is 1.03 bits per heavy atom. The van der Waals surface area contributed by atoms with E-state index >= 15 is 0 Å². The lowest BCUT2D eigenvalue weighted by atomic mass is 9.97. The molecule has 4 rings (SSSR count). The lowest BCUT2D eigenvalue weighted by Crippen LogP contribution is -2.51. The number of ether oxygens (including phenoxy) is 2. The standard InChI is InChI=1S/C23H31N3O3/c1-14-15(2)23(27)25(3)12-19(14)16-8-21(28-4)20(22(9-16)29-5)13-26-17-6-7-18(26)11-24-10-17/h8-9,12,17-18,24H,6-7,10-11,13H2,1-5H3. The highest BCUT2D eigenvalue weighted by Gasteiger charge is 2.37. The molecule has 0 radical (unpaired) electrons. The van der Waals surface area contributed by atoms with Gasteiger partial charge in [0.2, 0.25) is 0 Å². The third kappa shape index (κ3) is 3.45. The number of piperazine rings is 1. The van der Waals surface area contributed by atoms with E-state index < -0.39 is 0 Å². The molecular formula is C23H31N3O3. The molecule has 1 aromatic carbocycles. The molecule has 0 aliphatic carbocycles. The molecule has 0 saturated carbocycles. The van der Waals surface area contributed by atoms with Gasteiger partial charge >= 0.3 is 0 Å². The number of rotatable bonds is 5. The number of aromatic nitrogens is 1. The predicted octanol–water partition coefficient (Wildman–Crippen LogP) is 2.62. The van der Waals surface area contributed by atoms with E-state index in [2.05, 4.69) is 22.3 Å². The van der Waals surface area contributed by atoms with Gasteiger partial charge in [-0.3, -0.25) is 9.69 Å². The zero-order valence-corrected chi connectivity index (χ0v) is 18.0. The van der Waals surface area contributed by atoms with Gasteiger partial charge in [0, 0.05) is 56.1 Å². The molecule has 2 aromatic rings. The first-order valence-corrected chi connectivity index (χ1v) is 10.3. The largest absolute Gasteiger partial charge is 0.496 e. The van der Waals surface area contributed by atoms with Crippen molar-refractivity contribution in [2.45, 2.75) is 45.3 Å². The third-order valence-corrected chi connectivity index (χ3v) is 6.72. The van der Waals surface area contributed by atoms with Gasteiger partial charge < -0.3 is 19.4 Å².